The van der Waals surface area contributed by atoms with Gasteiger partial charge in [-0.25, -0.2) is 0 Å². The van der Waals surface area contributed by atoms with E-state index in [9.17, 15) is 14.4 Å². The molecule has 0 spiro atoms. The topological polar surface area (TPSA) is 78.9 Å². The van der Waals surface area contributed by atoms with E-state index in [2.05, 4.69) is 93.7 Å². The second kappa shape index (κ2) is 59.4. The number of carbonyl (C=O) groups is 3. The molecule has 0 N–H and O–H groups in total. The van der Waals surface area contributed by atoms with Crippen molar-refractivity contribution in [2.45, 2.75) is 309 Å². The molecular weight excluding hydrogens is 877 g/mol. The van der Waals surface area contributed by atoms with Gasteiger partial charge < -0.3 is 14.2 Å². The van der Waals surface area contributed by atoms with Gasteiger partial charge in [-0.3, -0.25) is 14.4 Å². The highest BCUT2D eigenvalue weighted by Gasteiger charge is 2.19. The molecule has 0 aromatic heterocycles. The van der Waals surface area contributed by atoms with Crippen LogP contribution in [0.25, 0.3) is 0 Å². The summed E-state index contributed by atoms with van der Waals surface area (Å²) >= 11 is 0. The Kier molecular flexibility index (Phi) is 56.8. The van der Waals surface area contributed by atoms with Gasteiger partial charge in [-0.15, -0.1) is 0 Å². The number of ether oxygens (including phenoxy) is 3. The van der Waals surface area contributed by atoms with Gasteiger partial charge in [0, 0.05) is 19.3 Å². The molecule has 0 rings (SSSR count). The molecule has 0 saturated heterocycles. The van der Waals surface area contributed by atoms with E-state index in [-0.39, 0.29) is 31.1 Å². The third-order valence-electron chi connectivity index (χ3n) is 13.2. The SMILES string of the molecule is CC/C=C\C/C=C\C/C=C\C/C=C\CCCCCCC(=O)OC(COC(=O)CCCCCCC/C=C\C/C=C\CCCCCC)COC(=O)CCCCCCCCCCCCCCCCCCCCCC. The lowest BCUT2D eigenvalue weighted by Gasteiger charge is -2.18. The van der Waals surface area contributed by atoms with Gasteiger partial charge in [-0.05, 0) is 89.9 Å². The van der Waals surface area contributed by atoms with Crippen LogP contribution in [0.15, 0.2) is 72.9 Å². The predicted octanol–water partition coefficient (Wildman–Crippen LogP) is 20.5. The molecule has 0 aromatic carbocycles. The van der Waals surface area contributed by atoms with Gasteiger partial charge in [0.25, 0.3) is 0 Å². The van der Waals surface area contributed by atoms with E-state index in [0.29, 0.717) is 19.3 Å². The molecular formula is C65H114O6. The van der Waals surface area contributed by atoms with E-state index in [1.807, 2.05) is 0 Å². The standard InChI is InChI=1S/C65H114O6/c1-4-7-10-13-16-19-22-25-28-31-32-33-35-37-40-43-46-49-52-55-58-64(67)70-61-62(60-69-63(66)57-54-51-48-45-42-39-36-30-27-24-21-18-15-12-9-6-3)71-65(68)59-56-53-50-47-44-41-38-34-29-26-23-20-17-14-11-8-5-2/h8,11,17,20-21,24,26,29-30,36,38,41,62H,4-7,9-10,12-16,18-19,22-23,25,27-28,31-35,37,39-40,42-61H2,1-3H3/b11-8-,20-17-,24-21-,29-26-,36-30-,41-38-. The summed E-state index contributed by atoms with van der Waals surface area (Å²) < 4.78 is 16.9. The van der Waals surface area contributed by atoms with Crippen LogP contribution >= 0.6 is 0 Å². The molecule has 0 radical (unpaired) electrons. The van der Waals surface area contributed by atoms with Crippen LogP contribution in [0.3, 0.4) is 0 Å². The molecule has 0 fully saturated rings. The van der Waals surface area contributed by atoms with Crippen LogP contribution in [0.1, 0.15) is 303 Å². The molecule has 0 aromatic rings. The number of hydrogen-bond donors (Lipinski definition) is 0. The number of carbonyl (C=O) groups excluding carboxylic acids is 3. The maximum absolute atomic E-state index is 12.9. The van der Waals surface area contributed by atoms with Crippen LogP contribution < -0.4 is 0 Å². The minimum absolute atomic E-state index is 0.0876. The van der Waals surface area contributed by atoms with E-state index >= 15 is 0 Å². The van der Waals surface area contributed by atoms with Crippen LogP contribution in [0.4, 0.5) is 0 Å². The zero-order valence-corrected chi connectivity index (χ0v) is 47.0. The highest BCUT2D eigenvalue weighted by molar-refractivity contribution is 5.71. The molecule has 0 bridgehead atoms. The van der Waals surface area contributed by atoms with Crippen LogP contribution in [0.2, 0.25) is 0 Å². The van der Waals surface area contributed by atoms with Crippen LogP contribution in [0, 0.1) is 0 Å². The summed E-state index contributed by atoms with van der Waals surface area (Å²) in [5.41, 5.74) is 0. The van der Waals surface area contributed by atoms with E-state index in [1.54, 1.807) is 0 Å². The summed E-state index contributed by atoms with van der Waals surface area (Å²) in [5.74, 6) is -0.913. The summed E-state index contributed by atoms with van der Waals surface area (Å²) in [6.07, 6.45) is 76.1. The average Bonchev–Trinajstić information content (AvgIpc) is 3.37. The van der Waals surface area contributed by atoms with E-state index in [1.165, 1.54) is 148 Å². The lowest BCUT2D eigenvalue weighted by Crippen LogP contribution is -2.30. The summed E-state index contributed by atoms with van der Waals surface area (Å²) in [7, 11) is 0. The van der Waals surface area contributed by atoms with Crippen LogP contribution in [-0.2, 0) is 28.6 Å². The Morgan fingerprint density at radius 3 is 0.873 bits per heavy atom. The third-order valence-corrected chi connectivity index (χ3v) is 13.2. The molecule has 71 heavy (non-hydrogen) atoms. The van der Waals surface area contributed by atoms with Gasteiger partial charge in [-0.2, -0.15) is 0 Å². The monoisotopic (exact) mass is 991 g/mol. The van der Waals surface area contributed by atoms with E-state index < -0.39 is 6.10 Å². The Morgan fingerprint density at radius 2 is 0.549 bits per heavy atom. The van der Waals surface area contributed by atoms with Crippen molar-refractivity contribution < 1.29 is 28.6 Å². The Hall–Kier alpha value is -3.15. The first-order valence-electron chi connectivity index (χ1n) is 30.4. The van der Waals surface area contributed by atoms with Gasteiger partial charge in [0.15, 0.2) is 6.10 Å². The fraction of sp³-hybridized carbons (Fsp3) is 0.769. The Labute approximate surface area is 440 Å². The van der Waals surface area contributed by atoms with Crippen molar-refractivity contribution in [2.75, 3.05) is 13.2 Å². The first-order valence-corrected chi connectivity index (χ1v) is 30.4. The Bertz CT molecular complexity index is 1320. The quantitative estimate of drug-likeness (QED) is 0.0261. The highest BCUT2D eigenvalue weighted by Crippen LogP contribution is 2.16. The summed E-state index contributed by atoms with van der Waals surface area (Å²) in [4.78, 5) is 38.2. The molecule has 6 nitrogen and oxygen atoms in total. The van der Waals surface area contributed by atoms with Crippen molar-refractivity contribution in [2.24, 2.45) is 0 Å². The van der Waals surface area contributed by atoms with Crippen molar-refractivity contribution in [3.05, 3.63) is 72.9 Å². The second-order valence-electron chi connectivity index (χ2n) is 20.2. The molecule has 1 atom stereocenters. The lowest BCUT2D eigenvalue weighted by molar-refractivity contribution is -0.167. The largest absolute Gasteiger partial charge is 0.462 e. The molecule has 0 aliphatic heterocycles. The smallest absolute Gasteiger partial charge is 0.306 e. The highest BCUT2D eigenvalue weighted by atomic mass is 16.6. The maximum Gasteiger partial charge on any atom is 0.306 e. The zero-order chi connectivity index (χ0) is 51.4. The average molecular weight is 992 g/mol. The first-order chi connectivity index (χ1) is 35.0. The van der Waals surface area contributed by atoms with Crippen molar-refractivity contribution in [3.8, 4) is 0 Å². The molecule has 0 heterocycles. The Morgan fingerprint density at radius 1 is 0.296 bits per heavy atom. The second-order valence-corrected chi connectivity index (χ2v) is 20.2. The molecule has 0 amide bonds. The maximum atomic E-state index is 12.9. The zero-order valence-electron chi connectivity index (χ0n) is 47.0. The number of esters is 3. The summed E-state index contributed by atoms with van der Waals surface area (Å²) in [5, 5.41) is 0. The number of allylic oxidation sites excluding steroid dienone is 12. The van der Waals surface area contributed by atoms with Gasteiger partial charge in [0.2, 0.25) is 0 Å². The van der Waals surface area contributed by atoms with Gasteiger partial charge >= 0.3 is 17.9 Å². The van der Waals surface area contributed by atoms with Crippen LogP contribution in [-0.4, -0.2) is 37.2 Å². The predicted molar refractivity (Wildman–Crippen MR) is 307 cm³/mol. The molecule has 0 aliphatic carbocycles. The van der Waals surface area contributed by atoms with Crippen LogP contribution in [0.5, 0.6) is 0 Å². The number of hydrogen-bond acceptors (Lipinski definition) is 6. The molecule has 0 aliphatic rings. The molecule has 1 unspecified atom stereocenters. The van der Waals surface area contributed by atoms with E-state index in [0.717, 1.165) is 116 Å². The molecule has 6 heteroatoms. The summed E-state index contributed by atoms with van der Waals surface area (Å²) in [6.45, 7) is 6.51. The van der Waals surface area contributed by atoms with Crippen molar-refractivity contribution in [1.29, 1.82) is 0 Å². The number of unbranched alkanes of at least 4 members (excludes halogenated alkanes) is 32. The fourth-order valence-corrected chi connectivity index (χ4v) is 8.64. The number of rotatable bonds is 55. The minimum Gasteiger partial charge on any atom is -0.462 e. The van der Waals surface area contributed by atoms with Gasteiger partial charge in [-0.1, -0.05) is 267 Å². The van der Waals surface area contributed by atoms with E-state index in [4.69, 9.17) is 14.2 Å². The summed E-state index contributed by atoms with van der Waals surface area (Å²) in [6, 6.07) is 0. The Balaban J connectivity index is 4.40. The van der Waals surface area contributed by atoms with Crippen molar-refractivity contribution >= 4 is 17.9 Å². The van der Waals surface area contributed by atoms with Gasteiger partial charge in [0.05, 0.1) is 0 Å². The van der Waals surface area contributed by atoms with Gasteiger partial charge in [0.1, 0.15) is 13.2 Å². The normalized spacial score (nSPS) is 12.5. The molecule has 410 valence electrons. The minimum atomic E-state index is -0.794. The van der Waals surface area contributed by atoms with Crippen molar-refractivity contribution in [3.63, 3.8) is 0 Å². The third kappa shape index (κ3) is 57.6. The lowest BCUT2D eigenvalue weighted by atomic mass is 10.0. The molecule has 0 saturated carbocycles. The first kappa shape index (κ1) is 67.8. The fourth-order valence-electron chi connectivity index (χ4n) is 8.64. The van der Waals surface area contributed by atoms with Crippen molar-refractivity contribution in [1.82, 2.24) is 0 Å².